The lowest BCUT2D eigenvalue weighted by molar-refractivity contribution is -0.130. The van der Waals surface area contributed by atoms with E-state index in [1.54, 1.807) is 6.92 Å². The number of likely N-dealkylation sites (tertiary alicyclic amines) is 2. The molecule has 6 aliphatic rings. The second-order valence-electron chi connectivity index (χ2n) is 15.7. The fraction of sp³-hybridized carbons (Fsp3) is 0.943. The predicted octanol–water partition coefficient (Wildman–Crippen LogP) is 1.04. The quantitative estimate of drug-likeness (QED) is 0.207. The van der Waals surface area contributed by atoms with Crippen LogP contribution in [0.2, 0.25) is 0 Å². The summed E-state index contributed by atoms with van der Waals surface area (Å²) in [7, 11) is 2.19. The number of piperidine rings is 3. The van der Waals surface area contributed by atoms with E-state index >= 15 is 0 Å². The van der Waals surface area contributed by atoms with Gasteiger partial charge in [0.1, 0.15) is 0 Å². The monoisotopic (exact) mass is 661 g/mol. The summed E-state index contributed by atoms with van der Waals surface area (Å²) in [5.74, 6) is 1.44. The maximum absolute atomic E-state index is 13.6. The summed E-state index contributed by atoms with van der Waals surface area (Å²) in [6.45, 7) is 9.59. The van der Waals surface area contributed by atoms with E-state index < -0.39 is 6.10 Å². The first kappa shape index (κ1) is 35.4. The third-order valence-electron chi connectivity index (χ3n) is 12.4. The van der Waals surface area contributed by atoms with Crippen molar-refractivity contribution < 1.29 is 24.2 Å². The fourth-order valence-electron chi connectivity index (χ4n) is 9.00. The van der Waals surface area contributed by atoms with Crippen molar-refractivity contribution in [1.82, 2.24) is 36.0 Å². The zero-order chi connectivity index (χ0) is 32.9. The molecule has 0 radical (unpaired) electrons. The highest BCUT2D eigenvalue weighted by atomic mass is 16.5. The van der Waals surface area contributed by atoms with E-state index in [0.717, 1.165) is 71.1 Å². The number of aliphatic hydroxyl groups is 1. The third kappa shape index (κ3) is 9.45. The van der Waals surface area contributed by atoms with Crippen molar-refractivity contribution >= 4 is 11.8 Å². The van der Waals surface area contributed by atoms with Crippen LogP contribution >= 0.6 is 0 Å². The average Bonchev–Trinajstić information content (AvgIpc) is 3.46. The fourth-order valence-corrected chi connectivity index (χ4v) is 9.00. The van der Waals surface area contributed by atoms with Crippen LogP contribution in [0.5, 0.6) is 0 Å². The molecule has 9 atom stereocenters. The molecule has 6 rings (SSSR count). The Labute approximate surface area is 282 Å². The number of aliphatic hydroxyl groups excluding tert-OH is 1. The van der Waals surface area contributed by atoms with E-state index in [1.165, 1.54) is 25.7 Å². The topological polar surface area (TPSA) is 131 Å². The number of β-amino-alcohol motifs (C(OH)–C–C–N with tert-alkyl or cyclic N) is 1. The zero-order valence-electron chi connectivity index (χ0n) is 29.2. The van der Waals surface area contributed by atoms with Crippen molar-refractivity contribution in [3.8, 4) is 0 Å². The Bertz CT molecular complexity index is 1030. The molecule has 0 spiro atoms. The van der Waals surface area contributed by atoms with Crippen molar-refractivity contribution in [3.05, 3.63) is 0 Å². The van der Waals surface area contributed by atoms with Crippen LogP contribution in [0.25, 0.3) is 0 Å². The summed E-state index contributed by atoms with van der Waals surface area (Å²) >= 11 is 0. The molecule has 0 bridgehead atoms. The molecular weight excluding hydrogens is 598 g/mol. The summed E-state index contributed by atoms with van der Waals surface area (Å²) < 4.78 is 12.0. The molecule has 47 heavy (non-hydrogen) atoms. The Morgan fingerprint density at radius 3 is 2.55 bits per heavy atom. The van der Waals surface area contributed by atoms with Gasteiger partial charge in [0.2, 0.25) is 11.8 Å². The van der Waals surface area contributed by atoms with Gasteiger partial charge in [-0.1, -0.05) is 6.42 Å². The summed E-state index contributed by atoms with van der Waals surface area (Å²) in [4.78, 5) is 32.1. The molecule has 5 N–H and O–H groups in total. The van der Waals surface area contributed by atoms with Gasteiger partial charge in [-0.25, -0.2) is 0 Å². The highest BCUT2D eigenvalue weighted by molar-refractivity contribution is 5.78. The molecule has 0 aromatic carbocycles. The Morgan fingerprint density at radius 2 is 1.85 bits per heavy atom. The minimum atomic E-state index is -0.576. The van der Waals surface area contributed by atoms with Crippen LogP contribution in [0.3, 0.4) is 0 Å². The molecule has 2 amide bonds. The van der Waals surface area contributed by atoms with Gasteiger partial charge in [0, 0.05) is 63.7 Å². The highest BCUT2D eigenvalue weighted by Crippen LogP contribution is 2.37. The van der Waals surface area contributed by atoms with Gasteiger partial charge in [0.15, 0.2) is 0 Å². The summed E-state index contributed by atoms with van der Waals surface area (Å²) in [5.41, 5.74) is 0. The molecule has 2 saturated carbocycles. The Kier molecular flexibility index (Phi) is 12.5. The molecule has 2 aliphatic carbocycles. The van der Waals surface area contributed by atoms with E-state index in [9.17, 15) is 14.7 Å². The normalized spacial score (nSPS) is 36.6. The SMILES string of the molecule is CC(=O)N1CCC(NC2CC(C(=O)NC[C@H](O)CN3CCC4CC(OCC5OCNC5C)CCC4C3)CC(N(C)C3CCC3)N2)CC1. The van der Waals surface area contributed by atoms with E-state index in [0.29, 0.717) is 62.5 Å². The maximum Gasteiger partial charge on any atom is 0.223 e. The van der Waals surface area contributed by atoms with Gasteiger partial charge < -0.3 is 29.7 Å². The number of amides is 2. The number of fused-ring (bicyclic) bond motifs is 1. The van der Waals surface area contributed by atoms with Crippen LogP contribution in [0, 0.1) is 17.8 Å². The van der Waals surface area contributed by atoms with Crippen molar-refractivity contribution in [2.75, 3.05) is 59.7 Å². The maximum atomic E-state index is 13.6. The standard InChI is InChI=1S/C35H63N7O5/c1-23-32(47-22-37-23)21-46-31-8-7-26-19-41(12-9-25(26)15-31)20-30(44)18-36-35(45)27-16-33(38-28-10-13-42(14-11-28)24(2)43)39-34(17-27)40(3)29-5-4-6-29/h23,25-34,37-39,44H,4-22H2,1-3H3,(H,36,45)/t23?,25?,26?,27?,30-,31?,32?,33?,34?/m0/s1. The number of rotatable bonds is 12. The van der Waals surface area contributed by atoms with Gasteiger partial charge in [0.25, 0.3) is 0 Å². The van der Waals surface area contributed by atoms with Gasteiger partial charge in [0.05, 0.1) is 44.0 Å². The van der Waals surface area contributed by atoms with E-state index in [2.05, 4.69) is 45.0 Å². The number of nitrogens with zero attached hydrogens (tertiary/aromatic N) is 3. The number of carbonyl (C=O) groups excluding carboxylic acids is 2. The van der Waals surface area contributed by atoms with E-state index in [4.69, 9.17) is 9.47 Å². The average molecular weight is 662 g/mol. The third-order valence-corrected chi connectivity index (χ3v) is 12.4. The molecule has 6 fully saturated rings. The number of nitrogens with one attached hydrogen (secondary N) is 4. The zero-order valence-corrected chi connectivity index (χ0v) is 29.2. The van der Waals surface area contributed by atoms with Gasteiger partial charge >= 0.3 is 0 Å². The number of hydrogen-bond donors (Lipinski definition) is 5. The first-order valence-corrected chi connectivity index (χ1v) is 18.9. The van der Waals surface area contributed by atoms with E-state index in [-0.39, 0.29) is 36.2 Å². The van der Waals surface area contributed by atoms with Crippen LogP contribution in [0.4, 0.5) is 0 Å². The van der Waals surface area contributed by atoms with Crippen molar-refractivity contribution in [2.45, 2.75) is 133 Å². The molecule has 12 heteroatoms. The Balaban J connectivity index is 0.930. The van der Waals surface area contributed by atoms with Gasteiger partial charge in [-0.05, 0) is 96.6 Å². The predicted molar refractivity (Wildman–Crippen MR) is 180 cm³/mol. The van der Waals surface area contributed by atoms with Gasteiger partial charge in [-0.15, -0.1) is 0 Å². The molecule has 0 aromatic rings. The molecule has 8 unspecified atom stereocenters. The molecule has 4 heterocycles. The molecule has 4 saturated heterocycles. The van der Waals surface area contributed by atoms with Gasteiger partial charge in [-0.2, -0.15) is 0 Å². The molecule has 12 nitrogen and oxygen atoms in total. The van der Waals surface area contributed by atoms with Crippen LogP contribution in [0.15, 0.2) is 0 Å². The van der Waals surface area contributed by atoms with Gasteiger partial charge in [-0.3, -0.25) is 30.4 Å². The lowest BCUT2D eigenvalue weighted by Gasteiger charge is -2.46. The Morgan fingerprint density at radius 1 is 1.04 bits per heavy atom. The van der Waals surface area contributed by atoms with Crippen molar-refractivity contribution in [3.63, 3.8) is 0 Å². The smallest absolute Gasteiger partial charge is 0.223 e. The van der Waals surface area contributed by atoms with Crippen LogP contribution in [-0.4, -0.2) is 140 Å². The summed E-state index contributed by atoms with van der Waals surface area (Å²) in [5, 5.41) is 25.1. The lowest BCUT2D eigenvalue weighted by Crippen LogP contribution is -2.63. The number of ether oxygens (including phenoxy) is 2. The van der Waals surface area contributed by atoms with Crippen molar-refractivity contribution in [2.24, 2.45) is 17.8 Å². The molecule has 0 aromatic heterocycles. The summed E-state index contributed by atoms with van der Waals surface area (Å²) in [6, 6.07) is 1.26. The lowest BCUT2D eigenvalue weighted by atomic mass is 9.74. The number of hydrogen-bond acceptors (Lipinski definition) is 10. The van der Waals surface area contributed by atoms with Crippen LogP contribution in [0.1, 0.15) is 84.5 Å². The molecular formula is C35H63N7O5. The second-order valence-corrected chi connectivity index (χ2v) is 15.7. The number of carbonyl (C=O) groups is 2. The molecule has 268 valence electrons. The largest absolute Gasteiger partial charge is 0.390 e. The Hall–Kier alpha value is -1.38. The highest BCUT2D eigenvalue weighted by Gasteiger charge is 2.39. The van der Waals surface area contributed by atoms with Crippen molar-refractivity contribution in [1.29, 1.82) is 0 Å². The second kappa shape index (κ2) is 16.6. The van der Waals surface area contributed by atoms with Crippen LogP contribution < -0.4 is 21.3 Å². The minimum Gasteiger partial charge on any atom is -0.390 e. The van der Waals surface area contributed by atoms with E-state index in [1.807, 2.05) is 4.90 Å². The molecule has 4 aliphatic heterocycles. The first-order chi connectivity index (χ1) is 22.7. The first-order valence-electron chi connectivity index (χ1n) is 18.9. The summed E-state index contributed by atoms with van der Waals surface area (Å²) in [6.07, 6.45) is 11.7. The van der Waals surface area contributed by atoms with Crippen LogP contribution in [-0.2, 0) is 19.1 Å². The minimum absolute atomic E-state index is 0.0456.